The number of hydrogen-bond acceptors (Lipinski definition) is 1. The van der Waals surface area contributed by atoms with Crippen molar-refractivity contribution in [3.8, 4) is 11.3 Å². The monoisotopic (exact) mass is 348 g/mol. The molecule has 0 fully saturated rings. The summed E-state index contributed by atoms with van der Waals surface area (Å²) in [6.45, 7) is 3.02. The molecular weight excluding hydrogens is 328 g/mol. The third-order valence-electron chi connectivity index (χ3n) is 5.22. The highest BCUT2D eigenvalue weighted by atomic mass is 15.0. The van der Waals surface area contributed by atoms with Crippen LogP contribution >= 0.6 is 0 Å². The molecule has 0 spiro atoms. The predicted octanol–water partition coefficient (Wildman–Crippen LogP) is 6.21. The van der Waals surface area contributed by atoms with E-state index in [1.165, 1.54) is 33.2 Å². The van der Waals surface area contributed by atoms with Crippen LogP contribution in [0, 0.1) is 6.92 Å². The number of nitrogens with zero attached hydrogens (tertiary/aromatic N) is 2. The fourth-order valence-corrected chi connectivity index (χ4v) is 3.91. The Bertz CT molecular complexity index is 1240. The van der Waals surface area contributed by atoms with Gasteiger partial charge >= 0.3 is 0 Å². The van der Waals surface area contributed by atoms with Crippen molar-refractivity contribution in [3.63, 3.8) is 0 Å². The first-order valence-corrected chi connectivity index (χ1v) is 9.29. The Labute approximate surface area is 158 Å². The molecule has 2 heteroatoms. The first-order chi connectivity index (χ1) is 13.3. The number of rotatable bonds is 3. The summed E-state index contributed by atoms with van der Waals surface area (Å²) in [7, 11) is 0. The minimum Gasteiger partial charge on any atom is -0.321 e. The van der Waals surface area contributed by atoms with Gasteiger partial charge in [0.2, 0.25) is 0 Å². The lowest BCUT2D eigenvalue weighted by Crippen LogP contribution is -2.03. The zero-order chi connectivity index (χ0) is 18.2. The lowest BCUT2D eigenvalue weighted by atomic mass is 10.1. The summed E-state index contributed by atoms with van der Waals surface area (Å²) in [6.07, 6.45) is 0. The average Bonchev–Trinajstić information content (AvgIpc) is 2.99. The van der Waals surface area contributed by atoms with Gasteiger partial charge in [-0.2, -0.15) is 0 Å². The lowest BCUT2D eigenvalue weighted by Gasteiger charge is -2.12. The van der Waals surface area contributed by atoms with Gasteiger partial charge in [-0.25, -0.2) is 4.98 Å². The van der Waals surface area contributed by atoms with Crippen LogP contribution in [0.25, 0.3) is 33.2 Å². The van der Waals surface area contributed by atoms with E-state index in [0.29, 0.717) is 0 Å². The van der Waals surface area contributed by atoms with Gasteiger partial charge in [0.25, 0.3) is 0 Å². The van der Waals surface area contributed by atoms with E-state index in [-0.39, 0.29) is 0 Å². The van der Waals surface area contributed by atoms with Gasteiger partial charge in [0.15, 0.2) is 0 Å². The van der Waals surface area contributed by atoms with E-state index in [2.05, 4.69) is 102 Å². The summed E-state index contributed by atoms with van der Waals surface area (Å²) < 4.78 is 2.36. The molecule has 0 saturated heterocycles. The molecule has 2 aromatic heterocycles. The molecule has 0 aliphatic carbocycles. The van der Waals surface area contributed by atoms with Crippen LogP contribution < -0.4 is 0 Å². The van der Waals surface area contributed by atoms with E-state index in [1.807, 2.05) is 0 Å². The van der Waals surface area contributed by atoms with Crippen LogP contribution in [0.15, 0.2) is 91.0 Å². The van der Waals surface area contributed by atoms with Crippen molar-refractivity contribution in [3.05, 3.63) is 102 Å². The Morgan fingerprint density at radius 3 is 2.22 bits per heavy atom. The van der Waals surface area contributed by atoms with Gasteiger partial charge in [0.05, 0.1) is 11.2 Å². The fourth-order valence-electron chi connectivity index (χ4n) is 3.91. The van der Waals surface area contributed by atoms with Crippen molar-refractivity contribution < 1.29 is 0 Å². The SMILES string of the molecule is Cc1c(-c2ccccc2)n(Cc2ccccc2)c2nc3ccccc3cc12. The maximum absolute atomic E-state index is 5.04. The number of pyridine rings is 1. The quantitative estimate of drug-likeness (QED) is 0.379. The van der Waals surface area contributed by atoms with Crippen molar-refractivity contribution in [2.75, 3.05) is 0 Å². The molecule has 130 valence electrons. The second-order valence-corrected chi connectivity index (χ2v) is 6.96. The number of para-hydroxylation sites is 1. The zero-order valence-corrected chi connectivity index (χ0v) is 15.3. The van der Waals surface area contributed by atoms with Crippen molar-refractivity contribution in [1.29, 1.82) is 0 Å². The number of aryl methyl sites for hydroxylation is 1. The standard InChI is InChI=1S/C25H20N2/c1-18-22-16-21-14-8-9-15-23(21)26-25(22)27(17-19-10-4-2-5-11-19)24(18)20-12-6-3-7-13-20/h2-16H,17H2,1H3. The Kier molecular flexibility index (Phi) is 3.75. The van der Waals surface area contributed by atoms with Crippen molar-refractivity contribution >= 4 is 21.9 Å². The van der Waals surface area contributed by atoms with E-state index in [9.17, 15) is 0 Å². The minimum absolute atomic E-state index is 0.806. The smallest absolute Gasteiger partial charge is 0.141 e. The Morgan fingerprint density at radius 2 is 1.44 bits per heavy atom. The molecule has 0 aliphatic rings. The summed E-state index contributed by atoms with van der Waals surface area (Å²) in [5.74, 6) is 0. The molecule has 0 bridgehead atoms. The molecule has 0 saturated carbocycles. The largest absolute Gasteiger partial charge is 0.321 e. The van der Waals surface area contributed by atoms with Crippen LogP contribution in [-0.2, 0) is 6.54 Å². The summed E-state index contributed by atoms with van der Waals surface area (Å²) in [5.41, 5.74) is 7.13. The van der Waals surface area contributed by atoms with E-state index in [4.69, 9.17) is 4.98 Å². The fraction of sp³-hybridized carbons (Fsp3) is 0.0800. The van der Waals surface area contributed by atoms with Crippen molar-refractivity contribution in [2.45, 2.75) is 13.5 Å². The van der Waals surface area contributed by atoms with Gasteiger partial charge in [0, 0.05) is 17.3 Å². The van der Waals surface area contributed by atoms with Gasteiger partial charge in [-0.15, -0.1) is 0 Å². The van der Waals surface area contributed by atoms with Crippen LogP contribution in [0.2, 0.25) is 0 Å². The third-order valence-corrected chi connectivity index (χ3v) is 5.22. The Morgan fingerprint density at radius 1 is 0.778 bits per heavy atom. The zero-order valence-electron chi connectivity index (χ0n) is 15.3. The molecule has 3 aromatic carbocycles. The second-order valence-electron chi connectivity index (χ2n) is 6.96. The van der Waals surface area contributed by atoms with Crippen LogP contribution in [0.4, 0.5) is 0 Å². The first-order valence-electron chi connectivity index (χ1n) is 9.29. The third kappa shape index (κ3) is 2.70. The Balaban J connectivity index is 1.84. The molecule has 0 radical (unpaired) electrons. The maximum Gasteiger partial charge on any atom is 0.141 e. The van der Waals surface area contributed by atoms with Gasteiger partial charge < -0.3 is 4.57 Å². The lowest BCUT2D eigenvalue weighted by molar-refractivity contribution is 0.833. The second kappa shape index (κ2) is 6.40. The van der Waals surface area contributed by atoms with E-state index in [0.717, 1.165) is 17.7 Å². The topological polar surface area (TPSA) is 17.8 Å². The van der Waals surface area contributed by atoms with E-state index < -0.39 is 0 Å². The number of aromatic nitrogens is 2. The molecule has 2 heterocycles. The summed E-state index contributed by atoms with van der Waals surface area (Å²) in [4.78, 5) is 5.04. The molecule has 5 rings (SSSR count). The molecule has 0 N–H and O–H groups in total. The highest BCUT2D eigenvalue weighted by Gasteiger charge is 2.17. The highest BCUT2D eigenvalue weighted by Crippen LogP contribution is 2.34. The average molecular weight is 348 g/mol. The van der Waals surface area contributed by atoms with Crippen LogP contribution in [0.3, 0.4) is 0 Å². The van der Waals surface area contributed by atoms with Crippen LogP contribution in [0.5, 0.6) is 0 Å². The van der Waals surface area contributed by atoms with Gasteiger partial charge in [-0.05, 0) is 35.7 Å². The first kappa shape index (κ1) is 15.8. The molecule has 0 atom stereocenters. The van der Waals surface area contributed by atoms with Crippen molar-refractivity contribution in [1.82, 2.24) is 9.55 Å². The summed E-state index contributed by atoms with van der Waals surface area (Å²) >= 11 is 0. The van der Waals surface area contributed by atoms with Gasteiger partial charge in [-0.3, -0.25) is 0 Å². The van der Waals surface area contributed by atoms with E-state index in [1.54, 1.807) is 0 Å². The Hall–Kier alpha value is -3.39. The number of hydrogen-bond donors (Lipinski definition) is 0. The normalized spacial score (nSPS) is 11.3. The maximum atomic E-state index is 5.04. The molecule has 2 nitrogen and oxygen atoms in total. The molecule has 0 amide bonds. The molecule has 5 aromatic rings. The minimum atomic E-state index is 0.806. The summed E-state index contributed by atoms with van der Waals surface area (Å²) in [5, 5.41) is 2.41. The summed E-state index contributed by atoms with van der Waals surface area (Å²) in [6, 6.07) is 31.9. The highest BCUT2D eigenvalue weighted by molar-refractivity contribution is 5.97. The number of benzene rings is 3. The molecule has 0 aliphatic heterocycles. The van der Waals surface area contributed by atoms with Gasteiger partial charge in [-0.1, -0.05) is 78.9 Å². The van der Waals surface area contributed by atoms with E-state index >= 15 is 0 Å². The van der Waals surface area contributed by atoms with Gasteiger partial charge in [0.1, 0.15) is 5.65 Å². The molecule has 0 unspecified atom stereocenters. The van der Waals surface area contributed by atoms with Crippen LogP contribution in [0.1, 0.15) is 11.1 Å². The molecular formula is C25H20N2. The van der Waals surface area contributed by atoms with Crippen LogP contribution in [-0.4, -0.2) is 9.55 Å². The molecule has 27 heavy (non-hydrogen) atoms. The predicted molar refractivity (Wildman–Crippen MR) is 113 cm³/mol. The number of fused-ring (bicyclic) bond motifs is 2. The van der Waals surface area contributed by atoms with Crippen molar-refractivity contribution in [2.24, 2.45) is 0 Å².